The minimum Gasteiger partial charge on any atom is -0.452 e. The monoisotopic (exact) mass is 357 g/mol. The van der Waals surface area contributed by atoms with Gasteiger partial charge in [0.15, 0.2) is 6.61 Å². The lowest BCUT2D eigenvalue weighted by atomic mass is 9.78. The number of ether oxygens (including phenoxy) is 1. The molecule has 6 heteroatoms. The number of carbonyl (C=O) groups is 2. The first-order valence-corrected chi connectivity index (χ1v) is 8.55. The van der Waals surface area contributed by atoms with E-state index in [0.717, 1.165) is 12.8 Å². The highest BCUT2D eigenvalue weighted by Crippen LogP contribution is 2.29. The van der Waals surface area contributed by atoms with Gasteiger partial charge in [0, 0.05) is 6.04 Å². The highest BCUT2D eigenvalue weighted by Gasteiger charge is 2.28. The van der Waals surface area contributed by atoms with Crippen molar-refractivity contribution >= 4 is 35.1 Å². The maximum absolute atomic E-state index is 12.0. The lowest BCUT2D eigenvalue weighted by Gasteiger charge is -2.34. The number of nitrogens with one attached hydrogen (secondary N) is 1. The first-order chi connectivity index (χ1) is 10.9. The molecular weight excluding hydrogens is 337 g/mol. The van der Waals surface area contributed by atoms with E-state index in [4.69, 9.17) is 27.9 Å². The molecule has 1 amide bonds. The average molecular weight is 358 g/mol. The Morgan fingerprint density at radius 2 is 1.96 bits per heavy atom. The maximum atomic E-state index is 12.0. The Hall–Kier alpha value is -1.26. The molecule has 1 N–H and O–H groups in total. The first kappa shape index (κ1) is 18.1. The second-order valence-electron chi connectivity index (χ2n) is 6.15. The van der Waals surface area contributed by atoms with Gasteiger partial charge >= 0.3 is 5.97 Å². The Kier molecular flexibility index (Phi) is 6.31. The van der Waals surface area contributed by atoms with Crippen LogP contribution in [0.25, 0.3) is 0 Å². The summed E-state index contributed by atoms with van der Waals surface area (Å²) >= 11 is 11.7. The predicted molar refractivity (Wildman–Crippen MR) is 90.9 cm³/mol. The van der Waals surface area contributed by atoms with Crippen molar-refractivity contribution in [1.29, 1.82) is 0 Å². The molecule has 1 aliphatic carbocycles. The van der Waals surface area contributed by atoms with Crippen molar-refractivity contribution < 1.29 is 14.3 Å². The van der Waals surface area contributed by atoms with E-state index in [2.05, 4.69) is 19.2 Å². The largest absolute Gasteiger partial charge is 0.452 e. The van der Waals surface area contributed by atoms with Crippen molar-refractivity contribution in [1.82, 2.24) is 5.32 Å². The predicted octanol–water partition coefficient (Wildman–Crippen LogP) is 4.09. The van der Waals surface area contributed by atoms with Crippen LogP contribution >= 0.6 is 23.2 Å². The smallest absolute Gasteiger partial charge is 0.338 e. The fourth-order valence-electron chi connectivity index (χ4n) is 2.87. The Balaban J connectivity index is 1.84. The Morgan fingerprint density at radius 3 is 2.65 bits per heavy atom. The molecular formula is C17H21Cl2NO3. The summed E-state index contributed by atoms with van der Waals surface area (Å²) in [4.78, 5) is 23.9. The molecule has 0 spiro atoms. The van der Waals surface area contributed by atoms with Crippen LogP contribution in [0.3, 0.4) is 0 Å². The van der Waals surface area contributed by atoms with Crippen LogP contribution in [0.2, 0.25) is 10.0 Å². The number of benzene rings is 1. The van der Waals surface area contributed by atoms with Gasteiger partial charge in [-0.2, -0.15) is 0 Å². The molecule has 0 aliphatic heterocycles. The molecule has 1 aliphatic rings. The van der Waals surface area contributed by atoms with E-state index in [1.807, 2.05) is 0 Å². The zero-order chi connectivity index (χ0) is 17.0. The van der Waals surface area contributed by atoms with E-state index in [9.17, 15) is 9.59 Å². The van der Waals surface area contributed by atoms with Gasteiger partial charge in [-0.15, -0.1) is 0 Å². The molecule has 126 valence electrons. The Labute approximate surface area is 146 Å². The SMILES string of the molecule is C[C@H]1[C@@H](NC(=O)COC(=O)c2ccc(Cl)c(Cl)c2)CCC[C@@H]1C. The Morgan fingerprint density at radius 1 is 1.22 bits per heavy atom. The number of halogens is 2. The summed E-state index contributed by atoms with van der Waals surface area (Å²) in [7, 11) is 0. The van der Waals surface area contributed by atoms with Crippen LogP contribution in [-0.2, 0) is 9.53 Å². The molecule has 3 atom stereocenters. The van der Waals surface area contributed by atoms with Crippen LogP contribution in [0.1, 0.15) is 43.5 Å². The molecule has 2 rings (SSSR count). The topological polar surface area (TPSA) is 55.4 Å². The minimum atomic E-state index is -0.594. The Bertz CT molecular complexity index is 591. The van der Waals surface area contributed by atoms with E-state index in [-0.39, 0.29) is 29.1 Å². The van der Waals surface area contributed by atoms with E-state index in [0.29, 0.717) is 16.9 Å². The normalized spacial score (nSPS) is 24.1. The molecule has 1 saturated carbocycles. The summed E-state index contributed by atoms with van der Waals surface area (Å²) in [5.41, 5.74) is 0.270. The summed E-state index contributed by atoms with van der Waals surface area (Å²) in [6, 6.07) is 4.61. The number of carbonyl (C=O) groups excluding carboxylic acids is 2. The van der Waals surface area contributed by atoms with Crippen molar-refractivity contribution in [3.63, 3.8) is 0 Å². The van der Waals surface area contributed by atoms with Crippen molar-refractivity contribution in [2.75, 3.05) is 6.61 Å². The quantitative estimate of drug-likeness (QED) is 0.825. The number of rotatable bonds is 4. The molecule has 1 aromatic rings. The van der Waals surface area contributed by atoms with Crippen LogP contribution in [0, 0.1) is 11.8 Å². The highest BCUT2D eigenvalue weighted by atomic mass is 35.5. The zero-order valence-corrected chi connectivity index (χ0v) is 14.8. The van der Waals surface area contributed by atoms with Crippen molar-refractivity contribution in [3.05, 3.63) is 33.8 Å². The fourth-order valence-corrected chi connectivity index (χ4v) is 3.17. The second-order valence-corrected chi connectivity index (χ2v) is 6.96. The van der Waals surface area contributed by atoms with Gasteiger partial charge in [0.2, 0.25) is 0 Å². The summed E-state index contributed by atoms with van der Waals surface area (Å²) in [6.07, 6.45) is 3.28. The van der Waals surface area contributed by atoms with Crippen molar-refractivity contribution in [3.8, 4) is 0 Å². The van der Waals surface area contributed by atoms with Gasteiger partial charge < -0.3 is 10.1 Å². The molecule has 1 aromatic carbocycles. The third-order valence-corrected chi connectivity index (χ3v) is 5.28. The van der Waals surface area contributed by atoms with E-state index >= 15 is 0 Å². The molecule has 0 radical (unpaired) electrons. The molecule has 0 unspecified atom stereocenters. The van der Waals surface area contributed by atoms with Gasteiger partial charge in [-0.3, -0.25) is 4.79 Å². The average Bonchev–Trinajstić information content (AvgIpc) is 2.52. The third-order valence-electron chi connectivity index (χ3n) is 4.54. The van der Waals surface area contributed by atoms with Gasteiger partial charge in [0.1, 0.15) is 0 Å². The fraction of sp³-hybridized carbons (Fsp3) is 0.529. The molecule has 23 heavy (non-hydrogen) atoms. The van der Waals surface area contributed by atoms with Crippen molar-refractivity contribution in [2.45, 2.75) is 39.2 Å². The maximum Gasteiger partial charge on any atom is 0.338 e. The molecule has 1 fully saturated rings. The number of hydrogen-bond acceptors (Lipinski definition) is 3. The van der Waals surface area contributed by atoms with Gasteiger partial charge in [0.25, 0.3) is 5.91 Å². The first-order valence-electron chi connectivity index (χ1n) is 7.80. The summed E-state index contributed by atoms with van der Waals surface area (Å²) in [5.74, 6) is 0.152. The molecule has 0 aromatic heterocycles. The zero-order valence-electron chi connectivity index (χ0n) is 13.3. The van der Waals surface area contributed by atoms with E-state index < -0.39 is 5.97 Å². The van der Waals surface area contributed by atoms with Crippen LogP contribution in [-0.4, -0.2) is 24.5 Å². The molecule has 0 saturated heterocycles. The van der Waals surface area contributed by atoms with Gasteiger partial charge in [-0.25, -0.2) is 4.79 Å². The molecule has 0 bridgehead atoms. The van der Waals surface area contributed by atoms with Crippen LogP contribution in [0.5, 0.6) is 0 Å². The lowest BCUT2D eigenvalue weighted by Crippen LogP contribution is -2.45. The standard InChI is InChI=1S/C17H21Cl2NO3/c1-10-4-3-5-15(11(10)2)20-16(21)9-23-17(22)12-6-7-13(18)14(19)8-12/h6-8,10-11,15H,3-5,9H2,1-2H3,(H,20,21)/t10-,11+,15-/m0/s1. The van der Waals surface area contributed by atoms with Crippen molar-refractivity contribution in [2.24, 2.45) is 11.8 Å². The summed E-state index contributed by atoms with van der Waals surface area (Å²) in [6.45, 7) is 4.06. The van der Waals surface area contributed by atoms with Crippen LogP contribution < -0.4 is 5.32 Å². The molecule has 4 nitrogen and oxygen atoms in total. The van der Waals surface area contributed by atoms with Crippen LogP contribution in [0.4, 0.5) is 0 Å². The lowest BCUT2D eigenvalue weighted by molar-refractivity contribution is -0.125. The van der Waals surface area contributed by atoms with E-state index in [1.54, 1.807) is 0 Å². The summed E-state index contributed by atoms with van der Waals surface area (Å²) in [5, 5.41) is 3.60. The highest BCUT2D eigenvalue weighted by molar-refractivity contribution is 6.42. The molecule has 0 heterocycles. The summed E-state index contributed by atoms with van der Waals surface area (Å²) < 4.78 is 5.04. The van der Waals surface area contributed by atoms with Gasteiger partial charge in [-0.1, -0.05) is 49.9 Å². The van der Waals surface area contributed by atoms with Crippen LogP contribution in [0.15, 0.2) is 18.2 Å². The number of hydrogen-bond donors (Lipinski definition) is 1. The van der Waals surface area contributed by atoms with E-state index in [1.165, 1.54) is 24.6 Å². The van der Waals surface area contributed by atoms with Gasteiger partial charge in [0.05, 0.1) is 15.6 Å². The minimum absolute atomic E-state index is 0.148. The number of esters is 1. The number of amides is 1. The van der Waals surface area contributed by atoms with Gasteiger partial charge in [-0.05, 0) is 36.5 Å². The second kappa shape index (κ2) is 8.02. The third kappa shape index (κ3) is 4.85.